The Bertz CT molecular complexity index is 5090. The number of anilines is 18. The van der Waals surface area contributed by atoms with Gasteiger partial charge in [0.1, 0.15) is 0 Å². The van der Waals surface area contributed by atoms with Gasteiger partial charge in [0.2, 0.25) is 0 Å². The summed E-state index contributed by atoms with van der Waals surface area (Å²) in [6.07, 6.45) is 0. The maximum atomic E-state index is 2.66. The third kappa shape index (κ3) is 8.79. The van der Waals surface area contributed by atoms with Crippen molar-refractivity contribution in [1.29, 1.82) is 0 Å². The van der Waals surface area contributed by atoms with Crippen LogP contribution >= 0.6 is 11.3 Å². The number of hydrogen-bond acceptors (Lipinski definition) is 7. The summed E-state index contributed by atoms with van der Waals surface area (Å²) in [5, 5.41) is 1.27. The highest BCUT2D eigenvalue weighted by Crippen LogP contribution is 2.54. The van der Waals surface area contributed by atoms with Crippen LogP contribution in [-0.2, 0) is 5.41 Å². The van der Waals surface area contributed by atoms with Gasteiger partial charge in [0.25, 0.3) is 13.4 Å². The summed E-state index contributed by atoms with van der Waals surface area (Å²) < 4.78 is 2.61. The Morgan fingerprint density at radius 2 is 0.645 bits per heavy atom. The molecule has 0 atom stereocenters. The zero-order chi connectivity index (χ0) is 61.9. The quantitative estimate of drug-likeness (QED) is 0.126. The van der Waals surface area contributed by atoms with Crippen molar-refractivity contribution in [2.24, 2.45) is 0 Å². The first kappa shape index (κ1) is 54.7. The van der Waals surface area contributed by atoms with E-state index in [4.69, 9.17) is 0 Å². The van der Waals surface area contributed by atoms with E-state index in [1.54, 1.807) is 0 Å². The number of fused-ring (bicyclic) bond motifs is 10. The van der Waals surface area contributed by atoms with Gasteiger partial charge in [-0.05, 0) is 184 Å². The second kappa shape index (κ2) is 21.7. The van der Waals surface area contributed by atoms with Gasteiger partial charge >= 0.3 is 0 Å². The van der Waals surface area contributed by atoms with E-state index in [1.807, 2.05) is 11.3 Å². The van der Waals surface area contributed by atoms with Crippen LogP contribution in [0.3, 0.4) is 0 Å². The summed E-state index contributed by atoms with van der Waals surface area (Å²) in [5.41, 5.74) is 27.6. The standard InChI is InChI=1S/C84H62B2N6S/c1-84(2,3)57-48-49-79-68(50-57)82-83(93-79)86-71-55-70-73(56-74(71)91(64-42-24-10-25-43-64)77-53-67(54-78(81(77)86)92(82)65-44-26-11-27-45-65)88(60-34-16-6-17-35-60)61-36-18-7-19-37-61)90(63-40-22-9-23-41-63)76-52-66(87(58-30-12-4-13-31-58)59-32-14-5-15-33-59)51-75-80(76)85(70)69-46-28-29-47-72(69)89(75)62-38-20-8-21-39-62/h4-56H,1-3H3. The summed E-state index contributed by atoms with van der Waals surface area (Å²) >= 11 is 1.96. The number of para-hydroxylation sites is 9. The fourth-order valence-electron chi connectivity index (χ4n) is 15.2. The van der Waals surface area contributed by atoms with Crippen molar-refractivity contribution in [1.82, 2.24) is 0 Å². The smallest absolute Gasteiger partial charge is 0.264 e. The summed E-state index contributed by atoms with van der Waals surface area (Å²) in [5.74, 6) is 0. The van der Waals surface area contributed by atoms with Crippen LogP contribution < -0.4 is 61.5 Å². The second-order valence-electron chi connectivity index (χ2n) is 25.7. The number of nitrogens with zero attached hydrogens (tertiary/aromatic N) is 6. The molecule has 14 aromatic rings. The van der Waals surface area contributed by atoms with Crippen LogP contribution in [0.25, 0.3) is 10.1 Å². The van der Waals surface area contributed by atoms with E-state index in [0.29, 0.717) is 0 Å². The molecule has 5 heterocycles. The molecule has 0 spiro atoms. The number of hydrogen-bond donors (Lipinski definition) is 0. The highest BCUT2D eigenvalue weighted by molar-refractivity contribution is 7.33. The SMILES string of the molecule is CC(C)(C)c1ccc2sc3c(c2c1)N(c1ccccc1)c1cc(N(c2ccccc2)c2ccccc2)cc2c1B3c1cc3c(cc1N2c1ccccc1)N(c1ccccc1)c1cc(N(c2ccccc2)c2ccccc2)cc2c1B3c1ccccc1N2c1ccccc1. The Morgan fingerprint density at radius 1 is 0.290 bits per heavy atom. The van der Waals surface area contributed by atoms with Gasteiger partial charge < -0.3 is 29.4 Å². The van der Waals surface area contributed by atoms with E-state index >= 15 is 0 Å². The average Bonchev–Trinajstić information content (AvgIpc) is 1.60. The normalized spacial score (nSPS) is 13.2. The van der Waals surface area contributed by atoms with E-state index < -0.39 is 0 Å². The largest absolute Gasteiger partial charge is 0.311 e. The van der Waals surface area contributed by atoms with E-state index in [-0.39, 0.29) is 18.8 Å². The molecule has 18 rings (SSSR count). The maximum absolute atomic E-state index is 2.66. The number of benzene rings is 13. The lowest BCUT2D eigenvalue weighted by Crippen LogP contribution is -2.65. The van der Waals surface area contributed by atoms with Gasteiger partial charge in [-0.15, -0.1) is 11.3 Å². The molecule has 4 aliphatic heterocycles. The van der Waals surface area contributed by atoms with Gasteiger partial charge in [0, 0.05) is 100 Å². The van der Waals surface area contributed by atoms with Crippen molar-refractivity contribution < 1.29 is 0 Å². The van der Waals surface area contributed by atoms with Crippen molar-refractivity contribution >= 4 is 169 Å². The summed E-state index contributed by atoms with van der Waals surface area (Å²) in [4.78, 5) is 15.2. The lowest BCUT2D eigenvalue weighted by molar-refractivity contribution is 0.591. The minimum absolute atomic E-state index is 0.0830. The first-order chi connectivity index (χ1) is 45.8. The summed E-state index contributed by atoms with van der Waals surface area (Å²) in [6.45, 7) is 6.68. The fraction of sp³-hybridized carbons (Fsp3) is 0.0476. The van der Waals surface area contributed by atoms with Crippen molar-refractivity contribution in [2.75, 3.05) is 29.4 Å². The van der Waals surface area contributed by atoms with Gasteiger partial charge in [-0.2, -0.15) is 0 Å². The molecule has 4 aliphatic rings. The lowest BCUT2D eigenvalue weighted by Gasteiger charge is -2.47. The molecule has 0 saturated carbocycles. The molecule has 0 N–H and O–H groups in total. The highest BCUT2D eigenvalue weighted by atomic mass is 32.1. The topological polar surface area (TPSA) is 19.4 Å². The molecule has 6 nitrogen and oxygen atoms in total. The fourth-order valence-corrected chi connectivity index (χ4v) is 16.5. The Morgan fingerprint density at radius 3 is 1.08 bits per heavy atom. The molecule has 9 heteroatoms. The molecule has 0 fully saturated rings. The third-order valence-corrected chi connectivity index (χ3v) is 20.4. The third-order valence-electron chi connectivity index (χ3n) is 19.2. The molecule has 0 saturated heterocycles. The summed E-state index contributed by atoms with van der Waals surface area (Å²) in [7, 11) is 0. The molecule has 0 radical (unpaired) electrons. The minimum Gasteiger partial charge on any atom is -0.311 e. The zero-order valence-corrected chi connectivity index (χ0v) is 52.7. The average molecular weight is 1210 g/mol. The maximum Gasteiger partial charge on any atom is 0.264 e. The molecular formula is C84H62B2N6S. The van der Waals surface area contributed by atoms with Crippen LogP contribution in [0.4, 0.5) is 102 Å². The Hall–Kier alpha value is -11.3. The van der Waals surface area contributed by atoms with Crippen molar-refractivity contribution in [3.63, 3.8) is 0 Å². The van der Waals surface area contributed by atoms with Crippen LogP contribution in [0.2, 0.25) is 0 Å². The number of rotatable bonds is 10. The Balaban J connectivity index is 0.984. The van der Waals surface area contributed by atoms with Crippen LogP contribution in [0.1, 0.15) is 26.3 Å². The van der Waals surface area contributed by atoms with Gasteiger partial charge in [0.05, 0.1) is 17.1 Å². The molecule has 93 heavy (non-hydrogen) atoms. The van der Waals surface area contributed by atoms with Gasteiger partial charge in [-0.3, -0.25) is 0 Å². The van der Waals surface area contributed by atoms with E-state index in [9.17, 15) is 0 Å². The van der Waals surface area contributed by atoms with Crippen LogP contribution in [0.5, 0.6) is 0 Å². The molecule has 13 aromatic carbocycles. The molecule has 0 amide bonds. The molecular weight excluding hydrogens is 1150 g/mol. The Kier molecular flexibility index (Phi) is 12.8. The van der Waals surface area contributed by atoms with Crippen molar-refractivity contribution in [2.45, 2.75) is 26.2 Å². The van der Waals surface area contributed by atoms with Crippen molar-refractivity contribution in [3.8, 4) is 0 Å². The van der Waals surface area contributed by atoms with Gasteiger partial charge in [-0.1, -0.05) is 197 Å². The van der Waals surface area contributed by atoms with Crippen LogP contribution in [0, 0.1) is 0 Å². The van der Waals surface area contributed by atoms with Gasteiger partial charge in [0.15, 0.2) is 0 Å². The molecule has 0 bridgehead atoms. The first-order valence-corrected chi connectivity index (χ1v) is 33.0. The summed E-state index contributed by atoms with van der Waals surface area (Å²) in [6, 6.07) is 119. The van der Waals surface area contributed by atoms with Crippen LogP contribution in [-0.4, -0.2) is 13.4 Å². The first-order valence-electron chi connectivity index (χ1n) is 32.2. The monoisotopic (exact) mass is 1210 g/mol. The predicted octanol–water partition coefficient (Wildman–Crippen LogP) is 19.3. The minimum atomic E-state index is -0.171. The van der Waals surface area contributed by atoms with Crippen LogP contribution in [0.15, 0.2) is 322 Å². The highest BCUT2D eigenvalue weighted by Gasteiger charge is 2.50. The predicted molar refractivity (Wildman–Crippen MR) is 398 cm³/mol. The second-order valence-corrected chi connectivity index (χ2v) is 26.7. The molecule has 1 aromatic heterocycles. The Labute approximate surface area is 548 Å². The molecule has 440 valence electrons. The van der Waals surface area contributed by atoms with E-state index in [1.165, 1.54) is 53.4 Å². The number of thiophene rings is 1. The zero-order valence-electron chi connectivity index (χ0n) is 51.8. The molecule has 0 aliphatic carbocycles. The van der Waals surface area contributed by atoms with E-state index in [2.05, 4.69) is 372 Å². The van der Waals surface area contributed by atoms with Crippen molar-refractivity contribution in [3.05, 3.63) is 327 Å². The lowest BCUT2D eigenvalue weighted by atomic mass is 9.31. The van der Waals surface area contributed by atoms with Gasteiger partial charge in [-0.25, -0.2) is 0 Å². The van der Waals surface area contributed by atoms with E-state index in [0.717, 1.165) is 96.7 Å². The molecule has 0 unspecified atom stereocenters.